The second kappa shape index (κ2) is 3.60. The molecule has 2 heteroatoms. The molecule has 0 heterocycles. The largest absolute Gasteiger partial charge is 0.192 e. The summed E-state index contributed by atoms with van der Waals surface area (Å²) in [6.07, 6.45) is 0. The SMILES string of the molecule is [CH2]C(C)c1cccc(Cl)c1C#N. The lowest BCUT2D eigenvalue weighted by molar-refractivity contribution is 0.958. The zero-order chi connectivity index (χ0) is 9.14. The summed E-state index contributed by atoms with van der Waals surface area (Å²) in [7, 11) is 0. The van der Waals surface area contributed by atoms with E-state index in [9.17, 15) is 0 Å². The number of hydrogen-bond donors (Lipinski definition) is 0. The number of nitrogens with zero attached hydrogens (tertiary/aromatic N) is 1. The molecule has 0 saturated heterocycles. The fraction of sp³-hybridized carbons (Fsp3) is 0.200. The molecule has 61 valence electrons. The van der Waals surface area contributed by atoms with Gasteiger partial charge in [-0.05, 0) is 24.5 Å². The summed E-state index contributed by atoms with van der Waals surface area (Å²) < 4.78 is 0. The molecule has 0 aliphatic carbocycles. The lowest BCUT2D eigenvalue weighted by Gasteiger charge is -2.07. The van der Waals surface area contributed by atoms with Crippen molar-refractivity contribution in [2.45, 2.75) is 12.8 Å². The Hall–Kier alpha value is -1.00. The smallest absolute Gasteiger partial charge is 0.101 e. The molecular formula is C10H9ClN. The lowest BCUT2D eigenvalue weighted by atomic mass is 9.98. The van der Waals surface area contributed by atoms with Crippen LogP contribution in [0.5, 0.6) is 0 Å². The van der Waals surface area contributed by atoms with E-state index in [1.54, 1.807) is 6.07 Å². The van der Waals surface area contributed by atoms with Crippen LogP contribution in [-0.2, 0) is 0 Å². The molecule has 1 radical (unpaired) electrons. The zero-order valence-electron chi connectivity index (χ0n) is 6.84. The van der Waals surface area contributed by atoms with E-state index in [4.69, 9.17) is 16.9 Å². The van der Waals surface area contributed by atoms with Crippen molar-refractivity contribution in [1.29, 1.82) is 5.26 Å². The molecule has 0 spiro atoms. The predicted octanol–water partition coefficient (Wildman–Crippen LogP) is 3.15. The second-order valence-corrected chi connectivity index (χ2v) is 3.12. The van der Waals surface area contributed by atoms with Gasteiger partial charge in [0.15, 0.2) is 0 Å². The van der Waals surface area contributed by atoms with Crippen LogP contribution in [0.2, 0.25) is 5.02 Å². The molecule has 1 unspecified atom stereocenters. The van der Waals surface area contributed by atoms with E-state index in [0.29, 0.717) is 10.6 Å². The summed E-state index contributed by atoms with van der Waals surface area (Å²) in [5, 5.41) is 9.29. The zero-order valence-corrected chi connectivity index (χ0v) is 7.60. The first-order valence-electron chi connectivity index (χ1n) is 3.68. The molecular weight excluding hydrogens is 170 g/mol. The molecule has 1 aromatic rings. The van der Waals surface area contributed by atoms with Crippen LogP contribution in [0.3, 0.4) is 0 Å². The fourth-order valence-corrected chi connectivity index (χ4v) is 1.29. The van der Waals surface area contributed by atoms with E-state index in [1.807, 2.05) is 19.1 Å². The highest BCUT2D eigenvalue weighted by Gasteiger charge is 2.08. The van der Waals surface area contributed by atoms with Gasteiger partial charge in [-0.3, -0.25) is 0 Å². The van der Waals surface area contributed by atoms with Crippen molar-refractivity contribution in [3.05, 3.63) is 41.3 Å². The van der Waals surface area contributed by atoms with Gasteiger partial charge in [-0.15, -0.1) is 0 Å². The van der Waals surface area contributed by atoms with Gasteiger partial charge in [-0.1, -0.05) is 30.7 Å². The van der Waals surface area contributed by atoms with E-state index < -0.39 is 0 Å². The average molecular weight is 179 g/mol. The molecule has 1 nitrogen and oxygen atoms in total. The fourth-order valence-electron chi connectivity index (χ4n) is 1.07. The normalized spacial score (nSPS) is 9.92. The Morgan fingerprint density at radius 2 is 2.25 bits per heavy atom. The van der Waals surface area contributed by atoms with E-state index in [0.717, 1.165) is 5.56 Å². The second-order valence-electron chi connectivity index (χ2n) is 2.72. The van der Waals surface area contributed by atoms with Crippen molar-refractivity contribution < 1.29 is 0 Å². The van der Waals surface area contributed by atoms with Gasteiger partial charge in [-0.2, -0.15) is 5.26 Å². The van der Waals surface area contributed by atoms with Gasteiger partial charge in [0.05, 0.1) is 10.6 Å². The van der Waals surface area contributed by atoms with Gasteiger partial charge >= 0.3 is 0 Å². The van der Waals surface area contributed by atoms with Crippen molar-refractivity contribution in [3.63, 3.8) is 0 Å². The molecule has 0 aliphatic heterocycles. The van der Waals surface area contributed by atoms with Crippen LogP contribution in [-0.4, -0.2) is 0 Å². The van der Waals surface area contributed by atoms with Crippen molar-refractivity contribution >= 4 is 11.6 Å². The highest BCUT2D eigenvalue weighted by Crippen LogP contribution is 2.24. The van der Waals surface area contributed by atoms with Crippen molar-refractivity contribution in [2.24, 2.45) is 0 Å². The maximum Gasteiger partial charge on any atom is 0.101 e. The minimum Gasteiger partial charge on any atom is -0.192 e. The Bertz CT molecular complexity index is 323. The molecule has 0 aliphatic rings. The molecule has 0 aromatic heterocycles. The maximum absolute atomic E-state index is 8.79. The summed E-state index contributed by atoms with van der Waals surface area (Å²) in [6, 6.07) is 7.50. The van der Waals surface area contributed by atoms with Gasteiger partial charge in [0.1, 0.15) is 6.07 Å². The Morgan fingerprint density at radius 3 is 2.67 bits per heavy atom. The molecule has 1 rings (SSSR count). The summed E-state index contributed by atoms with van der Waals surface area (Å²) in [6.45, 7) is 5.79. The topological polar surface area (TPSA) is 23.8 Å². The Labute approximate surface area is 77.6 Å². The van der Waals surface area contributed by atoms with Gasteiger partial charge in [0.25, 0.3) is 0 Å². The predicted molar refractivity (Wildman–Crippen MR) is 49.9 cm³/mol. The molecule has 1 atom stereocenters. The number of rotatable bonds is 1. The third-order valence-electron chi connectivity index (χ3n) is 1.69. The first kappa shape index (κ1) is 9.09. The Kier molecular flexibility index (Phi) is 2.73. The third-order valence-corrected chi connectivity index (χ3v) is 2.00. The standard InChI is InChI=1S/C10H9ClN/c1-7(2)8-4-3-5-10(11)9(8)6-12/h3-5,7H,1H2,2H3. The van der Waals surface area contributed by atoms with Crippen LogP contribution >= 0.6 is 11.6 Å². The lowest BCUT2D eigenvalue weighted by Crippen LogP contribution is -1.92. The van der Waals surface area contributed by atoms with Crippen LogP contribution in [0.1, 0.15) is 24.0 Å². The minimum absolute atomic E-state index is 0.0957. The van der Waals surface area contributed by atoms with Crippen molar-refractivity contribution in [3.8, 4) is 6.07 Å². The van der Waals surface area contributed by atoms with E-state index in [1.165, 1.54) is 0 Å². The molecule has 0 bridgehead atoms. The summed E-state index contributed by atoms with van der Waals surface area (Å²) in [4.78, 5) is 0. The van der Waals surface area contributed by atoms with Crippen LogP contribution in [0.15, 0.2) is 18.2 Å². The molecule has 0 amide bonds. The van der Waals surface area contributed by atoms with Crippen molar-refractivity contribution in [1.82, 2.24) is 0 Å². The summed E-state index contributed by atoms with van der Waals surface area (Å²) in [5.41, 5.74) is 1.45. The minimum atomic E-state index is 0.0957. The number of hydrogen-bond acceptors (Lipinski definition) is 1. The first-order chi connectivity index (χ1) is 5.66. The van der Waals surface area contributed by atoms with Gasteiger partial charge < -0.3 is 0 Å². The maximum atomic E-state index is 8.79. The molecule has 12 heavy (non-hydrogen) atoms. The quantitative estimate of drug-likeness (QED) is 0.648. The van der Waals surface area contributed by atoms with E-state index >= 15 is 0 Å². The van der Waals surface area contributed by atoms with Crippen molar-refractivity contribution in [2.75, 3.05) is 0 Å². The van der Waals surface area contributed by atoms with Crippen LogP contribution in [0.4, 0.5) is 0 Å². The van der Waals surface area contributed by atoms with E-state index in [-0.39, 0.29) is 5.92 Å². The van der Waals surface area contributed by atoms with Gasteiger partial charge in [0, 0.05) is 0 Å². The third kappa shape index (κ3) is 1.60. The molecule has 0 N–H and O–H groups in total. The molecule has 1 aromatic carbocycles. The van der Waals surface area contributed by atoms with Crippen LogP contribution < -0.4 is 0 Å². The molecule has 0 fully saturated rings. The summed E-state index contributed by atoms with van der Waals surface area (Å²) >= 11 is 5.82. The average Bonchev–Trinajstić information content (AvgIpc) is 2.03. The van der Waals surface area contributed by atoms with Gasteiger partial charge in [0.2, 0.25) is 0 Å². The Morgan fingerprint density at radius 1 is 1.58 bits per heavy atom. The van der Waals surface area contributed by atoms with Crippen LogP contribution in [0.25, 0.3) is 0 Å². The highest BCUT2D eigenvalue weighted by molar-refractivity contribution is 6.31. The van der Waals surface area contributed by atoms with E-state index in [2.05, 4.69) is 13.0 Å². The monoisotopic (exact) mass is 178 g/mol. The Balaban J connectivity index is 3.30. The summed E-state index contributed by atoms with van der Waals surface area (Å²) in [5.74, 6) is 0.0957. The first-order valence-corrected chi connectivity index (χ1v) is 4.06. The van der Waals surface area contributed by atoms with Gasteiger partial charge in [-0.25, -0.2) is 0 Å². The number of nitriles is 1. The number of halogens is 1. The highest BCUT2D eigenvalue weighted by atomic mass is 35.5. The van der Waals surface area contributed by atoms with Crippen LogP contribution in [0, 0.1) is 18.3 Å². The molecule has 0 saturated carbocycles. The number of benzene rings is 1.